The Morgan fingerprint density at radius 2 is 1.50 bits per heavy atom. The Kier molecular flexibility index (Phi) is 3.47. The molecule has 3 rings (SSSR count). The molecule has 0 fully saturated rings. The van der Waals surface area contributed by atoms with E-state index in [-0.39, 0.29) is 0 Å². The summed E-state index contributed by atoms with van der Waals surface area (Å²) in [5.41, 5.74) is 2.99. The van der Waals surface area contributed by atoms with Gasteiger partial charge in [-0.05, 0) is 46.5 Å². The first-order chi connectivity index (χ1) is 9.66. The van der Waals surface area contributed by atoms with Crippen LogP contribution in [0, 0.1) is 6.92 Å². The fourth-order valence-electron chi connectivity index (χ4n) is 2.54. The van der Waals surface area contributed by atoms with Gasteiger partial charge in [-0.25, -0.2) is 0 Å². The third kappa shape index (κ3) is 2.31. The lowest BCUT2D eigenvalue weighted by atomic mass is 9.94. The van der Waals surface area contributed by atoms with Crippen molar-refractivity contribution in [2.75, 3.05) is 0 Å². The fourth-order valence-corrected chi connectivity index (χ4v) is 2.66. The maximum atomic E-state index is 10.6. The van der Waals surface area contributed by atoms with Crippen molar-refractivity contribution >= 4 is 22.4 Å². The molecule has 0 aromatic heterocycles. The van der Waals surface area contributed by atoms with Crippen molar-refractivity contribution in [1.82, 2.24) is 0 Å². The average molecular weight is 283 g/mol. The molecule has 1 unspecified atom stereocenters. The highest BCUT2D eigenvalue weighted by molar-refractivity contribution is 6.30. The van der Waals surface area contributed by atoms with Gasteiger partial charge in [0.25, 0.3) is 0 Å². The van der Waals surface area contributed by atoms with Crippen molar-refractivity contribution in [2.24, 2.45) is 0 Å². The number of benzene rings is 3. The quantitative estimate of drug-likeness (QED) is 0.710. The summed E-state index contributed by atoms with van der Waals surface area (Å²) in [5, 5.41) is 13.6. The number of aliphatic hydroxyl groups excluding tert-OH is 1. The van der Waals surface area contributed by atoms with Gasteiger partial charge in [0.15, 0.2) is 0 Å². The van der Waals surface area contributed by atoms with Gasteiger partial charge in [-0.2, -0.15) is 0 Å². The molecular formula is C18H15ClO. The first-order valence-electron chi connectivity index (χ1n) is 6.58. The van der Waals surface area contributed by atoms with Gasteiger partial charge in [0.1, 0.15) is 6.10 Å². The van der Waals surface area contributed by atoms with Gasteiger partial charge >= 0.3 is 0 Å². The third-order valence-corrected chi connectivity index (χ3v) is 3.91. The van der Waals surface area contributed by atoms with Crippen LogP contribution in [0.1, 0.15) is 22.8 Å². The summed E-state index contributed by atoms with van der Waals surface area (Å²) < 4.78 is 0. The van der Waals surface area contributed by atoms with Crippen LogP contribution in [0.3, 0.4) is 0 Å². The summed E-state index contributed by atoms with van der Waals surface area (Å²) in [5.74, 6) is 0. The lowest BCUT2D eigenvalue weighted by Crippen LogP contribution is -2.00. The van der Waals surface area contributed by atoms with Crippen molar-refractivity contribution in [1.29, 1.82) is 0 Å². The third-order valence-electron chi connectivity index (χ3n) is 3.66. The van der Waals surface area contributed by atoms with Gasteiger partial charge in [0, 0.05) is 5.02 Å². The van der Waals surface area contributed by atoms with Crippen LogP contribution in [0.15, 0.2) is 60.7 Å². The lowest BCUT2D eigenvalue weighted by Gasteiger charge is -2.15. The summed E-state index contributed by atoms with van der Waals surface area (Å²) in [6.45, 7) is 2.08. The molecule has 0 radical (unpaired) electrons. The molecule has 0 aliphatic rings. The molecule has 20 heavy (non-hydrogen) atoms. The van der Waals surface area contributed by atoms with E-state index in [0.29, 0.717) is 5.02 Å². The Morgan fingerprint density at radius 1 is 0.850 bits per heavy atom. The summed E-state index contributed by atoms with van der Waals surface area (Å²) in [7, 11) is 0. The van der Waals surface area contributed by atoms with Crippen molar-refractivity contribution < 1.29 is 5.11 Å². The SMILES string of the molecule is Cc1ccc(C(O)c2ccc(Cl)cc2)c2ccccc12. The molecule has 3 aromatic rings. The first-order valence-corrected chi connectivity index (χ1v) is 6.96. The fraction of sp³-hybridized carbons (Fsp3) is 0.111. The molecule has 0 heterocycles. The van der Waals surface area contributed by atoms with Crippen LogP contribution in [0.5, 0.6) is 0 Å². The molecule has 3 aromatic carbocycles. The molecule has 0 bridgehead atoms. The average Bonchev–Trinajstić information content (AvgIpc) is 2.48. The molecule has 0 aliphatic heterocycles. The van der Waals surface area contributed by atoms with Gasteiger partial charge in [0.2, 0.25) is 0 Å². The first kappa shape index (κ1) is 13.2. The summed E-state index contributed by atoms with van der Waals surface area (Å²) in [4.78, 5) is 0. The second kappa shape index (κ2) is 5.28. The lowest BCUT2D eigenvalue weighted by molar-refractivity contribution is 0.222. The highest BCUT2D eigenvalue weighted by atomic mass is 35.5. The van der Waals surface area contributed by atoms with Gasteiger partial charge in [-0.3, -0.25) is 0 Å². The topological polar surface area (TPSA) is 20.2 Å². The molecule has 0 saturated carbocycles. The van der Waals surface area contributed by atoms with Gasteiger partial charge in [-0.1, -0.05) is 60.1 Å². The van der Waals surface area contributed by atoms with Crippen molar-refractivity contribution in [3.05, 3.63) is 82.4 Å². The molecule has 0 saturated heterocycles. The number of halogens is 1. The van der Waals surface area contributed by atoms with E-state index in [2.05, 4.69) is 25.1 Å². The Balaban J connectivity index is 2.14. The normalized spacial score (nSPS) is 12.6. The number of rotatable bonds is 2. The van der Waals surface area contributed by atoms with Gasteiger partial charge in [-0.15, -0.1) is 0 Å². The molecule has 2 heteroatoms. The Hall–Kier alpha value is -1.83. The molecule has 100 valence electrons. The number of fused-ring (bicyclic) bond motifs is 1. The second-order valence-electron chi connectivity index (χ2n) is 4.97. The minimum Gasteiger partial charge on any atom is -0.384 e. The summed E-state index contributed by atoms with van der Waals surface area (Å²) >= 11 is 5.90. The van der Waals surface area contributed by atoms with Gasteiger partial charge < -0.3 is 5.11 Å². The van der Waals surface area contributed by atoms with E-state index in [4.69, 9.17) is 11.6 Å². The molecule has 0 amide bonds. The van der Waals surface area contributed by atoms with Crippen molar-refractivity contribution in [2.45, 2.75) is 13.0 Å². The zero-order chi connectivity index (χ0) is 14.1. The largest absolute Gasteiger partial charge is 0.384 e. The molecular weight excluding hydrogens is 268 g/mol. The monoisotopic (exact) mass is 282 g/mol. The highest BCUT2D eigenvalue weighted by Gasteiger charge is 2.14. The van der Waals surface area contributed by atoms with Crippen LogP contribution >= 0.6 is 11.6 Å². The molecule has 0 spiro atoms. The number of aryl methyl sites for hydroxylation is 1. The van der Waals surface area contributed by atoms with Crippen LogP contribution in [-0.2, 0) is 0 Å². The number of aliphatic hydroxyl groups is 1. The predicted molar refractivity (Wildman–Crippen MR) is 84.2 cm³/mol. The number of hydrogen-bond donors (Lipinski definition) is 1. The van der Waals surface area contributed by atoms with Crippen LogP contribution in [0.4, 0.5) is 0 Å². The second-order valence-corrected chi connectivity index (χ2v) is 5.41. The van der Waals surface area contributed by atoms with E-state index in [1.165, 1.54) is 10.9 Å². The molecule has 0 aliphatic carbocycles. The maximum Gasteiger partial charge on any atom is 0.105 e. The molecule has 1 atom stereocenters. The van der Waals surface area contributed by atoms with E-state index in [1.54, 1.807) is 12.1 Å². The minimum absolute atomic E-state index is 0.641. The van der Waals surface area contributed by atoms with Gasteiger partial charge in [0.05, 0.1) is 0 Å². The Bertz CT molecular complexity index is 747. The summed E-state index contributed by atoms with van der Waals surface area (Å²) in [6, 6.07) is 19.5. The van der Waals surface area contributed by atoms with Crippen LogP contribution < -0.4 is 0 Å². The Morgan fingerprint density at radius 3 is 2.20 bits per heavy atom. The zero-order valence-corrected chi connectivity index (χ0v) is 11.9. The van der Waals surface area contributed by atoms with Crippen molar-refractivity contribution in [3.8, 4) is 0 Å². The minimum atomic E-state index is -0.641. The van der Waals surface area contributed by atoms with Crippen LogP contribution in [-0.4, -0.2) is 5.11 Å². The van der Waals surface area contributed by atoms with E-state index >= 15 is 0 Å². The maximum absolute atomic E-state index is 10.6. The van der Waals surface area contributed by atoms with E-state index in [0.717, 1.165) is 16.5 Å². The molecule has 1 nitrogen and oxygen atoms in total. The summed E-state index contributed by atoms with van der Waals surface area (Å²) in [6.07, 6.45) is -0.641. The Labute approximate surface area is 123 Å². The predicted octanol–water partition coefficient (Wildman–Crippen LogP) is 4.88. The molecule has 1 N–H and O–H groups in total. The highest BCUT2D eigenvalue weighted by Crippen LogP contribution is 2.31. The van der Waals surface area contributed by atoms with Crippen LogP contribution in [0.2, 0.25) is 5.02 Å². The van der Waals surface area contributed by atoms with E-state index in [9.17, 15) is 5.11 Å². The van der Waals surface area contributed by atoms with E-state index < -0.39 is 6.10 Å². The zero-order valence-electron chi connectivity index (χ0n) is 11.2. The van der Waals surface area contributed by atoms with Crippen LogP contribution in [0.25, 0.3) is 10.8 Å². The smallest absolute Gasteiger partial charge is 0.105 e. The standard InChI is InChI=1S/C18H15ClO/c1-12-6-11-17(16-5-3-2-4-15(12)16)18(20)13-7-9-14(19)10-8-13/h2-11,18,20H,1H3. The van der Waals surface area contributed by atoms with E-state index in [1.807, 2.05) is 30.3 Å². The van der Waals surface area contributed by atoms with Crippen molar-refractivity contribution in [3.63, 3.8) is 0 Å². The number of hydrogen-bond acceptors (Lipinski definition) is 1.